The Morgan fingerprint density at radius 3 is 2.27 bits per heavy atom. The van der Waals surface area contributed by atoms with Crippen molar-refractivity contribution < 1.29 is 9.59 Å². The third-order valence-corrected chi connectivity index (χ3v) is 2.25. The maximum atomic E-state index is 11.6. The van der Waals surface area contributed by atoms with Crippen LogP contribution in [0.3, 0.4) is 0 Å². The van der Waals surface area contributed by atoms with Gasteiger partial charge in [0.25, 0.3) is 0 Å². The predicted octanol–water partition coefficient (Wildman–Crippen LogP) is -0.388. The smallest absolute Gasteiger partial charge is 0.242 e. The second-order valence-corrected chi connectivity index (χ2v) is 3.47. The van der Waals surface area contributed by atoms with Crippen LogP contribution in [0, 0.1) is 5.92 Å². The van der Waals surface area contributed by atoms with Crippen molar-refractivity contribution in [3.8, 4) is 0 Å². The first-order valence-electron chi connectivity index (χ1n) is 5.34. The Labute approximate surface area is 90.8 Å². The first-order valence-corrected chi connectivity index (χ1v) is 5.34. The third kappa shape index (κ3) is 4.78. The van der Waals surface area contributed by atoms with Crippen molar-refractivity contribution in [1.29, 1.82) is 0 Å². The van der Waals surface area contributed by atoms with Crippen LogP contribution in [0.2, 0.25) is 0 Å². The van der Waals surface area contributed by atoms with E-state index in [-0.39, 0.29) is 17.7 Å². The monoisotopic (exact) mass is 215 g/mol. The van der Waals surface area contributed by atoms with E-state index in [1.807, 2.05) is 13.8 Å². The van der Waals surface area contributed by atoms with E-state index in [0.29, 0.717) is 19.5 Å². The average Bonchev–Trinajstić information content (AvgIpc) is 2.19. The van der Waals surface area contributed by atoms with Crippen LogP contribution in [0.1, 0.15) is 27.2 Å². The number of likely N-dealkylation sites (N-methyl/N-ethyl adjacent to an activating group) is 1. The molecule has 0 aliphatic carbocycles. The maximum Gasteiger partial charge on any atom is 0.242 e. The normalized spacial score (nSPS) is 14.1. The van der Waals surface area contributed by atoms with E-state index in [0.717, 1.165) is 0 Å². The van der Waals surface area contributed by atoms with Crippen molar-refractivity contribution in [2.45, 2.75) is 33.2 Å². The molecular weight excluding hydrogens is 194 g/mol. The third-order valence-electron chi connectivity index (χ3n) is 2.25. The predicted molar refractivity (Wildman–Crippen MR) is 59.1 cm³/mol. The number of hydrogen-bond donors (Lipinski definition) is 3. The second-order valence-electron chi connectivity index (χ2n) is 3.47. The fourth-order valence-electron chi connectivity index (χ4n) is 1.18. The Kier molecular flexibility index (Phi) is 6.70. The summed E-state index contributed by atoms with van der Waals surface area (Å²) in [5, 5.41) is 5.28. The number of nitrogens with one attached hydrogen (secondary N) is 2. The van der Waals surface area contributed by atoms with Gasteiger partial charge in [-0.1, -0.05) is 6.92 Å². The highest BCUT2D eigenvalue weighted by Gasteiger charge is 2.19. The highest BCUT2D eigenvalue weighted by atomic mass is 16.2. The number of rotatable bonds is 6. The van der Waals surface area contributed by atoms with Gasteiger partial charge in [-0.3, -0.25) is 9.59 Å². The molecule has 2 unspecified atom stereocenters. The molecule has 4 N–H and O–H groups in total. The minimum absolute atomic E-state index is 0.154. The van der Waals surface area contributed by atoms with Gasteiger partial charge < -0.3 is 16.4 Å². The summed E-state index contributed by atoms with van der Waals surface area (Å²) < 4.78 is 0. The SMILES string of the molecule is CCNC(=O)C(C)NC(=O)C(CC)CN. The van der Waals surface area contributed by atoms with Gasteiger partial charge in [0, 0.05) is 19.0 Å². The van der Waals surface area contributed by atoms with E-state index < -0.39 is 6.04 Å². The number of carbonyl (C=O) groups excluding carboxylic acids is 2. The van der Waals surface area contributed by atoms with Gasteiger partial charge in [0.05, 0.1) is 0 Å². The van der Waals surface area contributed by atoms with Crippen molar-refractivity contribution in [3.63, 3.8) is 0 Å². The van der Waals surface area contributed by atoms with Crippen molar-refractivity contribution in [1.82, 2.24) is 10.6 Å². The van der Waals surface area contributed by atoms with E-state index in [9.17, 15) is 9.59 Å². The Bertz CT molecular complexity index is 215. The first-order chi connectivity index (χ1) is 7.06. The van der Waals surface area contributed by atoms with Crippen molar-refractivity contribution in [2.75, 3.05) is 13.1 Å². The van der Waals surface area contributed by atoms with Crippen molar-refractivity contribution in [3.05, 3.63) is 0 Å². The summed E-state index contributed by atoms with van der Waals surface area (Å²) in [6, 6.07) is -0.502. The summed E-state index contributed by atoms with van der Waals surface area (Å²) >= 11 is 0. The van der Waals surface area contributed by atoms with Crippen LogP contribution < -0.4 is 16.4 Å². The van der Waals surface area contributed by atoms with Gasteiger partial charge in [-0.05, 0) is 20.3 Å². The minimum Gasteiger partial charge on any atom is -0.355 e. The summed E-state index contributed by atoms with van der Waals surface area (Å²) in [6.45, 7) is 6.26. The maximum absolute atomic E-state index is 11.6. The van der Waals surface area contributed by atoms with Crippen molar-refractivity contribution >= 4 is 11.8 Å². The van der Waals surface area contributed by atoms with Crippen LogP contribution in [0.5, 0.6) is 0 Å². The molecule has 0 aliphatic heterocycles. The van der Waals surface area contributed by atoms with E-state index in [4.69, 9.17) is 5.73 Å². The van der Waals surface area contributed by atoms with E-state index in [2.05, 4.69) is 10.6 Å². The molecule has 0 heterocycles. The molecule has 0 bridgehead atoms. The number of amides is 2. The zero-order valence-corrected chi connectivity index (χ0v) is 9.67. The molecule has 5 nitrogen and oxygen atoms in total. The molecule has 0 aromatic carbocycles. The van der Waals surface area contributed by atoms with Gasteiger partial charge in [-0.15, -0.1) is 0 Å². The molecule has 0 saturated heterocycles. The lowest BCUT2D eigenvalue weighted by atomic mass is 10.1. The zero-order valence-electron chi connectivity index (χ0n) is 9.67. The molecular formula is C10H21N3O2. The van der Waals surface area contributed by atoms with Gasteiger partial charge in [0.2, 0.25) is 11.8 Å². The minimum atomic E-state index is -0.502. The van der Waals surface area contributed by atoms with E-state index in [1.165, 1.54) is 0 Å². The lowest BCUT2D eigenvalue weighted by molar-refractivity contribution is -0.130. The molecule has 15 heavy (non-hydrogen) atoms. The van der Waals surface area contributed by atoms with Crippen LogP contribution in [0.15, 0.2) is 0 Å². The molecule has 2 atom stereocenters. The molecule has 0 radical (unpaired) electrons. The fraction of sp³-hybridized carbons (Fsp3) is 0.800. The van der Waals surface area contributed by atoms with Gasteiger partial charge in [-0.25, -0.2) is 0 Å². The summed E-state index contributed by atoms with van der Waals surface area (Å²) in [4.78, 5) is 22.9. The van der Waals surface area contributed by atoms with Crippen LogP contribution in [0.25, 0.3) is 0 Å². The molecule has 0 aliphatic rings. The molecule has 0 aromatic heterocycles. The lowest BCUT2D eigenvalue weighted by Crippen LogP contribution is -2.47. The quantitative estimate of drug-likeness (QED) is 0.564. The summed E-state index contributed by atoms with van der Waals surface area (Å²) in [5.41, 5.74) is 5.43. The van der Waals surface area contributed by atoms with Gasteiger partial charge >= 0.3 is 0 Å². The zero-order chi connectivity index (χ0) is 11.8. The lowest BCUT2D eigenvalue weighted by Gasteiger charge is -2.17. The summed E-state index contributed by atoms with van der Waals surface area (Å²) in [7, 11) is 0. The molecule has 5 heteroatoms. The number of carbonyl (C=O) groups is 2. The second kappa shape index (κ2) is 7.23. The fourth-order valence-corrected chi connectivity index (χ4v) is 1.18. The number of hydrogen-bond acceptors (Lipinski definition) is 3. The first kappa shape index (κ1) is 13.9. The topological polar surface area (TPSA) is 84.2 Å². The Balaban J connectivity index is 4.10. The molecule has 88 valence electrons. The standard InChI is InChI=1S/C10H21N3O2/c1-4-8(6-11)10(15)13-7(3)9(14)12-5-2/h7-8H,4-6,11H2,1-3H3,(H,12,14)(H,13,15). The van der Waals surface area contributed by atoms with Gasteiger partial charge in [0.1, 0.15) is 6.04 Å². The average molecular weight is 215 g/mol. The van der Waals surface area contributed by atoms with Gasteiger partial charge in [-0.2, -0.15) is 0 Å². The van der Waals surface area contributed by atoms with Crippen LogP contribution in [-0.2, 0) is 9.59 Å². The van der Waals surface area contributed by atoms with Crippen LogP contribution in [0.4, 0.5) is 0 Å². The molecule has 0 rings (SSSR count). The highest BCUT2D eigenvalue weighted by Crippen LogP contribution is 2.00. The van der Waals surface area contributed by atoms with Crippen LogP contribution in [-0.4, -0.2) is 30.9 Å². The van der Waals surface area contributed by atoms with Crippen molar-refractivity contribution in [2.24, 2.45) is 11.7 Å². The van der Waals surface area contributed by atoms with E-state index >= 15 is 0 Å². The Morgan fingerprint density at radius 1 is 1.27 bits per heavy atom. The van der Waals surface area contributed by atoms with Crippen LogP contribution >= 0.6 is 0 Å². The Morgan fingerprint density at radius 2 is 1.87 bits per heavy atom. The number of nitrogens with two attached hydrogens (primary N) is 1. The highest BCUT2D eigenvalue weighted by molar-refractivity contribution is 5.88. The summed E-state index contributed by atoms with van der Waals surface area (Å²) in [6.07, 6.45) is 0.685. The molecule has 0 aromatic rings. The van der Waals surface area contributed by atoms with E-state index in [1.54, 1.807) is 6.92 Å². The molecule has 0 fully saturated rings. The molecule has 2 amide bonds. The van der Waals surface area contributed by atoms with Gasteiger partial charge in [0.15, 0.2) is 0 Å². The summed E-state index contributed by atoms with van der Waals surface area (Å²) in [5.74, 6) is -0.529. The Hall–Kier alpha value is -1.10. The molecule has 0 saturated carbocycles. The largest absolute Gasteiger partial charge is 0.355 e. The molecule has 0 spiro atoms.